The standard InChI is InChI=1S/C12H12N4OS2/c1-7(6-17)14-12-15-8-2-4-18-10(8)9(16-12)11-13-3-5-19-11/h2-5,7,17H,6H2,1H3,(H,14,15,16). The zero-order valence-electron chi connectivity index (χ0n) is 10.2. The minimum atomic E-state index is -0.0831. The van der Waals surface area contributed by atoms with Gasteiger partial charge in [0.05, 0.1) is 16.8 Å². The van der Waals surface area contributed by atoms with Gasteiger partial charge in [-0.05, 0) is 18.4 Å². The van der Waals surface area contributed by atoms with Crippen LogP contribution in [0.25, 0.3) is 20.9 Å². The van der Waals surface area contributed by atoms with Gasteiger partial charge in [-0.25, -0.2) is 15.0 Å². The van der Waals surface area contributed by atoms with Crippen molar-refractivity contribution in [1.82, 2.24) is 15.0 Å². The van der Waals surface area contributed by atoms with Gasteiger partial charge in [0.1, 0.15) is 10.7 Å². The zero-order chi connectivity index (χ0) is 13.2. The lowest BCUT2D eigenvalue weighted by molar-refractivity contribution is 0.281. The smallest absolute Gasteiger partial charge is 0.224 e. The molecule has 1 unspecified atom stereocenters. The molecule has 3 aromatic rings. The Morgan fingerprint density at radius 2 is 2.21 bits per heavy atom. The van der Waals surface area contributed by atoms with Crippen LogP contribution < -0.4 is 5.32 Å². The summed E-state index contributed by atoms with van der Waals surface area (Å²) >= 11 is 3.17. The minimum Gasteiger partial charge on any atom is -0.394 e. The molecule has 0 spiro atoms. The second-order valence-corrected chi connectivity index (χ2v) is 5.91. The van der Waals surface area contributed by atoms with E-state index in [-0.39, 0.29) is 12.6 Å². The molecule has 2 N–H and O–H groups in total. The summed E-state index contributed by atoms with van der Waals surface area (Å²) in [6, 6.07) is 1.88. The SMILES string of the molecule is CC(CO)Nc1nc(-c2nccs2)c2sccc2n1. The van der Waals surface area contributed by atoms with Gasteiger partial charge >= 0.3 is 0 Å². The highest BCUT2D eigenvalue weighted by atomic mass is 32.1. The van der Waals surface area contributed by atoms with Gasteiger partial charge in [0.2, 0.25) is 5.95 Å². The first-order valence-electron chi connectivity index (χ1n) is 5.80. The molecule has 0 fully saturated rings. The molecular formula is C12H12N4OS2. The van der Waals surface area contributed by atoms with E-state index in [0.29, 0.717) is 5.95 Å². The highest BCUT2D eigenvalue weighted by Crippen LogP contribution is 2.32. The fourth-order valence-corrected chi connectivity index (χ4v) is 3.20. The first kappa shape index (κ1) is 12.5. The molecule has 7 heteroatoms. The van der Waals surface area contributed by atoms with Crippen LogP contribution in [-0.4, -0.2) is 32.7 Å². The monoisotopic (exact) mass is 292 g/mol. The first-order valence-corrected chi connectivity index (χ1v) is 7.56. The maximum Gasteiger partial charge on any atom is 0.224 e. The highest BCUT2D eigenvalue weighted by molar-refractivity contribution is 7.18. The van der Waals surface area contributed by atoms with Crippen molar-refractivity contribution >= 4 is 38.8 Å². The maximum atomic E-state index is 9.10. The molecule has 0 aromatic carbocycles. The first-order chi connectivity index (χ1) is 9.28. The minimum absolute atomic E-state index is 0.0393. The molecule has 0 radical (unpaired) electrons. The van der Waals surface area contributed by atoms with Gasteiger partial charge in [0.25, 0.3) is 0 Å². The Balaban J connectivity index is 2.11. The molecule has 0 aliphatic carbocycles. The molecule has 0 saturated heterocycles. The van der Waals surface area contributed by atoms with Gasteiger partial charge in [-0.15, -0.1) is 22.7 Å². The van der Waals surface area contributed by atoms with Crippen LogP contribution >= 0.6 is 22.7 Å². The third-order valence-corrected chi connectivity index (χ3v) is 4.28. The predicted octanol–water partition coefficient (Wildman–Crippen LogP) is 2.61. The molecule has 1 atom stereocenters. The number of thiazole rings is 1. The highest BCUT2D eigenvalue weighted by Gasteiger charge is 2.13. The quantitative estimate of drug-likeness (QED) is 0.773. The summed E-state index contributed by atoms with van der Waals surface area (Å²) in [5.41, 5.74) is 1.75. The number of aliphatic hydroxyl groups is 1. The van der Waals surface area contributed by atoms with Crippen molar-refractivity contribution in [2.24, 2.45) is 0 Å². The maximum absolute atomic E-state index is 9.10. The fraction of sp³-hybridized carbons (Fsp3) is 0.250. The predicted molar refractivity (Wildman–Crippen MR) is 78.7 cm³/mol. The van der Waals surface area contributed by atoms with Gasteiger partial charge in [0.15, 0.2) is 0 Å². The van der Waals surface area contributed by atoms with Gasteiger partial charge in [-0.1, -0.05) is 0 Å². The normalized spacial score (nSPS) is 12.7. The number of nitrogens with zero attached hydrogens (tertiary/aromatic N) is 3. The van der Waals surface area contributed by atoms with Crippen molar-refractivity contribution in [2.45, 2.75) is 13.0 Å². The number of fused-ring (bicyclic) bond motifs is 1. The van der Waals surface area contributed by atoms with Crippen molar-refractivity contribution in [3.63, 3.8) is 0 Å². The van der Waals surface area contributed by atoms with Gasteiger partial charge in [0, 0.05) is 17.6 Å². The molecule has 5 nitrogen and oxygen atoms in total. The van der Waals surface area contributed by atoms with Crippen molar-refractivity contribution < 1.29 is 5.11 Å². The van der Waals surface area contributed by atoms with E-state index >= 15 is 0 Å². The summed E-state index contributed by atoms with van der Waals surface area (Å²) in [6.07, 6.45) is 1.77. The molecule has 3 aromatic heterocycles. The number of hydrogen-bond acceptors (Lipinski definition) is 7. The average molecular weight is 292 g/mol. The Labute approximate surface area is 118 Å². The number of thiophene rings is 1. The zero-order valence-corrected chi connectivity index (χ0v) is 11.8. The molecule has 0 bridgehead atoms. The fourth-order valence-electron chi connectivity index (χ4n) is 1.68. The molecule has 0 saturated carbocycles. The number of hydrogen-bond donors (Lipinski definition) is 2. The summed E-state index contributed by atoms with van der Waals surface area (Å²) < 4.78 is 1.04. The molecule has 98 valence electrons. The Hall–Kier alpha value is -1.57. The van der Waals surface area contributed by atoms with Crippen LogP contribution in [-0.2, 0) is 0 Å². The Morgan fingerprint density at radius 3 is 2.95 bits per heavy atom. The van der Waals surface area contributed by atoms with E-state index < -0.39 is 0 Å². The summed E-state index contributed by atoms with van der Waals surface area (Å²) in [4.78, 5) is 13.3. The summed E-state index contributed by atoms with van der Waals surface area (Å²) in [7, 11) is 0. The van der Waals surface area contributed by atoms with E-state index in [1.54, 1.807) is 28.9 Å². The molecule has 3 rings (SSSR count). The molecule has 0 aliphatic rings. The van der Waals surface area contributed by atoms with Crippen molar-refractivity contribution in [3.8, 4) is 10.7 Å². The van der Waals surface area contributed by atoms with E-state index in [0.717, 1.165) is 20.9 Å². The van der Waals surface area contributed by atoms with E-state index in [1.807, 2.05) is 23.8 Å². The Kier molecular flexibility index (Phi) is 3.41. The van der Waals surface area contributed by atoms with Crippen LogP contribution in [0.5, 0.6) is 0 Å². The lowest BCUT2D eigenvalue weighted by Crippen LogP contribution is -2.20. The van der Waals surface area contributed by atoms with Crippen LogP contribution in [0, 0.1) is 0 Å². The second kappa shape index (κ2) is 5.20. The van der Waals surface area contributed by atoms with Crippen molar-refractivity contribution in [1.29, 1.82) is 0 Å². The van der Waals surface area contributed by atoms with Crippen LogP contribution in [0.4, 0.5) is 5.95 Å². The van der Waals surface area contributed by atoms with Gasteiger partial charge in [-0.3, -0.25) is 0 Å². The van der Waals surface area contributed by atoms with E-state index in [2.05, 4.69) is 20.3 Å². The van der Waals surface area contributed by atoms with Crippen LogP contribution in [0.2, 0.25) is 0 Å². The van der Waals surface area contributed by atoms with Crippen LogP contribution in [0.1, 0.15) is 6.92 Å². The summed E-state index contributed by atoms with van der Waals surface area (Å²) in [5, 5.41) is 17.0. The number of rotatable bonds is 4. The van der Waals surface area contributed by atoms with Crippen LogP contribution in [0.15, 0.2) is 23.0 Å². The number of aromatic nitrogens is 3. The Bertz CT molecular complexity index is 680. The number of aliphatic hydroxyl groups excluding tert-OH is 1. The lowest BCUT2D eigenvalue weighted by atomic mass is 10.3. The second-order valence-electron chi connectivity index (χ2n) is 4.10. The average Bonchev–Trinajstić information content (AvgIpc) is 3.08. The largest absolute Gasteiger partial charge is 0.394 e. The third-order valence-electron chi connectivity index (χ3n) is 2.59. The molecular weight excluding hydrogens is 280 g/mol. The molecule has 3 heterocycles. The van der Waals surface area contributed by atoms with Crippen molar-refractivity contribution in [2.75, 3.05) is 11.9 Å². The van der Waals surface area contributed by atoms with E-state index in [4.69, 9.17) is 5.11 Å². The third kappa shape index (κ3) is 2.44. The van der Waals surface area contributed by atoms with Crippen LogP contribution in [0.3, 0.4) is 0 Å². The summed E-state index contributed by atoms with van der Waals surface area (Å²) in [6.45, 7) is 1.92. The molecule has 0 amide bonds. The van der Waals surface area contributed by atoms with E-state index in [9.17, 15) is 0 Å². The van der Waals surface area contributed by atoms with E-state index in [1.165, 1.54) is 0 Å². The van der Waals surface area contributed by atoms with Crippen molar-refractivity contribution in [3.05, 3.63) is 23.0 Å². The number of nitrogens with one attached hydrogen (secondary N) is 1. The number of anilines is 1. The molecule has 0 aliphatic heterocycles. The Morgan fingerprint density at radius 1 is 1.32 bits per heavy atom. The summed E-state index contributed by atoms with van der Waals surface area (Å²) in [5.74, 6) is 0.526. The molecule has 19 heavy (non-hydrogen) atoms. The lowest BCUT2D eigenvalue weighted by Gasteiger charge is -2.11. The topological polar surface area (TPSA) is 70.9 Å². The van der Waals surface area contributed by atoms with Gasteiger partial charge in [-0.2, -0.15) is 0 Å². The van der Waals surface area contributed by atoms with Gasteiger partial charge < -0.3 is 10.4 Å².